The van der Waals surface area contributed by atoms with Gasteiger partial charge in [-0.2, -0.15) is 10.2 Å². The predicted molar refractivity (Wildman–Crippen MR) is 129 cm³/mol. The lowest BCUT2D eigenvalue weighted by molar-refractivity contribution is 0.460. The lowest BCUT2D eigenvalue weighted by atomic mass is 10.1. The van der Waals surface area contributed by atoms with Gasteiger partial charge in [-0.15, -0.1) is 0 Å². The number of aromatic nitrogens is 2. The summed E-state index contributed by atoms with van der Waals surface area (Å²) in [4.78, 5) is 17.1. The van der Waals surface area contributed by atoms with Crippen LogP contribution in [0.2, 0.25) is 0 Å². The van der Waals surface area contributed by atoms with E-state index in [1.165, 1.54) is 22.7 Å². The minimum Gasteiger partial charge on any atom is -0.438 e. The summed E-state index contributed by atoms with van der Waals surface area (Å²) in [5.41, 5.74) is 2.40. The summed E-state index contributed by atoms with van der Waals surface area (Å²) in [6.07, 6.45) is 2.55. The van der Waals surface area contributed by atoms with Crippen LogP contribution in [0.3, 0.4) is 0 Å². The zero-order valence-electron chi connectivity index (χ0n) is 18.8. The summed E-state index contributed by atoms with van der Waals surface area (Å²) in [6, 6.07) is 18.4. The smallest absolute Gasteiger partial charge is 0.269 e. The molecule has 0 radical (unpaired) electrons. The number of allylic oxidation sites excluding steroid dienone is 1. The molecule has 7 nitrogen and oxygen atoms in total. The Morgan fingerprint density at radius 3 is 2.32 bits per heavy atom. The Labute approximate surface area is 197 Å². The molecule has 0 bridgehead atoms. The molecule has 8 heteroatoms. The van der Waals surface area contributed by atoms with Crippen LogP contribution in [0.4, 0.5) is 0 Å². The molecule has 0 unspecified atom stereocenters. The average molecular weight is 472 g/mol. The number of fused-ring (bicyclic) bond motifs is 1. The monoisotopic (exact) mass is 471 g/mol. The van der Waals surface area contributed by atoms with Crippen LogP contribution in [-0.2, 0) is 9.84 Å². The van der Waals surface area contributed by atoms with E-state index in [-0.39, 0.29) is 16.3 Å². The zero-order valence-corrected chi connectivity index (χ0v) is 19.6. The average Bonchev–Trinajstić information content (AvgIpc) is 2.78. The summed E-state index contributed by atoms with van der Waals surface area (Å²) in [5.74, 6) is 0.354. The maximum absolute atomic E-state index is 13.3. The van der Waals surface area contributed by atoms with E-state index in [9.17, 15) is 18.5 Å². The lowest BCUT2D eigenvalue weighted by Crippen LogP contribution is -2.19. The first kappa shape index (κ1) is 23.0. The van der Waals surface area contributed by atoms with E-state index in [4.69, 9.17) is 4.74 Å². The maximum Gasteiger partial charge on any atom is 0.269 e. The summed E-state index contributed by atoms with van der Waals surface area (Å²) >= 11 is 0. The van der Waals surface area contributed by atoms with E-state index in [1.807, 2.05) is 26.8 Å². The van der Waals surface area contributed by atoms with Crippen molar-refractivity contribution in [2.45, 2.75) is 25.7 Å². The van der Waals surface area contributed by atoms with Crippen molar-refractivity contribution in [3.63, 3.8) is 0 Å². The minimum atomic E-state index is -4.17. The van der Waals surface area contributed by atoms with Gasteiger partial charge in [0.2, 0.25) is 15.7 Å². The Morgan fingerprint density at radius 1 is 1.00 bits per heavy atom. The number of hydrogen-bond acceptors (Lipinski definition) is 6. The standard InChI is InChI=1S/C26H21N3O4S/c1-17-7-9-21(10-8-17)34(31,32)22(16-27)15-23-25(33-20-13-18(2)12-19(3)14-20)28-24-6-4-5-11-29(24)26(23)30/h4-15H,1-3H3/b22-15+. The molecule has 0 saturated heterocycles. The highest BCUT2D eigenvalue weighted by Crippen LogP contribution is 2.28. The normalized spacial score (nSPS) is 11.9. The summed E-state index contributed by atoms with van der Waals surface area (Å²) in [5, 5.41) is 9.73. The molecule has 34 heavy (non-hydrogen) atoms. The van der Waals surface area contributed by atoms with Crippen molar-refractivity contribution >= 4 is 21.6 Å². The van der Waals surface area contributed by atoms with Gasteiger partial charge in [0.05, 0.1) is 4.90 Å². The molecule has 2 aromatic carbocycles. The van der Waals surface area contributed by atoms with Gasteiger partial charge in [0.15, 0.2) is 0 Å². The van der Waals surface area contributed by atoms with Crippen molar-refractivity contribution < 1.29 is 13.2 Å². The van der Waals surface area contributed by atoms with Crippen molar-refractivity contribution in [1.82, 2.24) is 9.38 Å². The highest BCUT2D eigenvalue weighted by Gasteiger charge is 2.23. The number of sulfone groups is 1. The molecule has 0 atom stereocenters. The lowest BCUT2D eigenvalue weighted by Gasteiger charge is -2.11. The molecule has 170 valence electrons. The Morgan fingerprint density at radius 2 is 1.68 bits per heavy atom. The van der Waals surface area contributed by atoms with Gasteiger partial charge in [-0.05, 0) is 74.4 Å². The second-order valence-corrected chi connectivity index (χ2v) is 9.85. The van der Waals surface area contributed by atoms with Gasteiger partial charge < -0.3 is 4.74 Å². The third kappa shape index (κ3) is 4.47. The van der Waals surface area contributed by atoms with E-state index in [1.54, 1.807) is 48.5 Å². The molecule has 0 aliphatic rings. The third-order valence-electron chi connectivity index (χ3n) is 5.15. The molecular formula is C26H21N3O4S. The first-order valence-corrected chi connectivity index (χ1v) is 11.9. The largest absolute Gasteiger partial charge is 0.438 e. The molecule has 0 aliphatic carbocycles. The van der Waals surface area contributed by atoms with E-state index >= 15 is 0 Å². The van der Waals surface area contributed by atoms with Gasteiger partial charge in [0.1, 0.15) is 27.9 Å². The molecule has 0 spiro atoms. The quantitative estimate of drug-likeness (QED) is 0.389. The van der Waals surface area contributed by atoms with Crippen molar-refractivity contribution in [2.75, 3.05) is 0 Å². The molecular weight excluding hydrogens is 450 g/mol. The van der Waals surface area contributed by atoms with E-state index in [2.05, 4.69) is 4.98 Å². The van der Waals surface area contributed by atoms with E-state index in [0.29, 0.717) is 11.4 Å². The summed E-state index contributed by atoms with van der Waals surface area (Å²) < 4.78 is 33.5. The number of nitriles is 1. The highest BCUT2D eigenvalue weighted by molar-refractivity contribution is 7.95. The topological polar surface area (TPSA) is 102 Å². The Kier molecular flexibility index (Phi) is 6.05. The van der Waals surface area contributed by atoms with Crippen LogP contribution in [0, 0.1) is 32.1 Å². The van der Waals surface area contributed by atoms with E-state index in [0.717, 1.165) is 22.8 Å². The molecule has 4 aromatic rings. The maximum atomic E-state index is 13.3. The first-order valence-electron chi connectivity index (χ1n) is 10.4. The molecule has 0 amide bonds. The van der Waals surface area contributed by atoms with Gasteiger partial charge in [-0.3, -0.25) is 9.20 Å². The van der Waals surface area contributed by atoms with Crippen LogP contribution in [0.25, 0.3) is 11.7 Å². The van der Waals surface area contributed by atoms with Gasteiger partial charge in [-0.1, -0.05) is 29.8 Å². The highest BCUT2D eigenvalue weighted by atomic mass is 32.2. The number of nitrogens with zero attached hydrogens (tertiary/aromatic N) is 3. The summed E-state index contributed by atoms with van der Waals surface area (Å²) in [6.45, 7) is 5.65. The molecule has 2 aromatic heterocycles. The number of hydrogen-bond donors (Lipinski definition) is 0. The SMILES string of the molecule is Cc1ccc(S(=O)(=O)/C(C#N)=C/c2c(Oc3cc(C)cc(C)c3)nc3ccccn3c2=O)cc1. The third-order valence-corrected chi connectivity index (χ3v) is 6.83. The van der Waals surface area contributed by atoms with E-state index < -0.39 is 20.3 Å². The van der Waals surface area contributed by atoms with Crippen LogP contribution in [-0.4, -0.2) is 17.8 Å². The molecule has 0 saturated carbocycles. The number of aryl methyl sites for hydroxylation is 3. The van der Waals surface area contributed by atoms with Crippen LogP contribution < -0.4 is 10.3 Å². The fourth-order valence-corrected chi connectivity index (χ4v) is 4.67. The first-order chi connectivity index (χ1) is 16.2. The van der Waals surface area contributed by atoms with Crippen LogP contribution in [0.15, 0.2) is 81.5 Å². The molecule has 0 aliphatic heterocycles. The zero-order chi connectivity index (χ0) is 24.5. The van der Waals surface area contributed by atoms with Gasteiger partial charge in [-0.25, -0.2) is 8.42 Å². The number of rotatable bonds is 5. The van der Waals surface area contributed by atoms with Crippen molar-refractivity contribution in [1.29, 1.82) is 5.26 Å². The summed E-state index contributed by atoms with van der Waals surface area (Å²) in [7, 11) is -4.17. The van der Waals surface area contributed by atoms with Gasteiger partial charge >= 0.3 is 0 Å². The van der Waals surface area contributed by atoms with Crippen molar-refractivity contribution in [2.24, 2.45) is 0 Å². The Hall–Kier alpha value is -4.22. The van der Waals surface area contributed by atoms with Crippen molar-refractivity contribution in [3.8, 4) is 17.7 Å². The van der Waals surface area contributed by atoms with Crippen LogP contribution in [0.5, 0.6) is 11.6 Å². The fraction of sp³-hybridized carbons (Fsp3) is 0.115. The second kappa shape index (κ2) is 8.96. The predicted octanol–water partition coefficient (Wildman–Crippen LogP) is 4.75. The molecule has 2 heterocycles. The molecule has 0 N–H and O–H groups in total. The fourth-order valence-electron chi connectivity index (χ4n) is 3.53. The molecule has 0 fully saturated rings. The van der Waals surface area contributed by atoms with Gasteiger partial charge in [0, 0.05) is 6.20 Å². The second-order valence-electron chi connectivity index (χ2n) is 7.93. The van der Waals surface area contributed by atoms with Crippen molar-refractivity contribution in [3.05, 3.63) is 104 Å². The number of ether oxygens (including phenoxy) is 1. The molecule has 4 rings (SSSR count). The number of pyridine rings is 1. The Balaban J connectivity index is 1.94. The van der Waals surface area contributed by atoms with Crippen LogP contribution >= 0.6 is 0 Å². The van der Waals surface area contributed by atoms with Gasteiger partial charge in [0.25, 0.3) is 5.56 Å². The Bertz CT molecular complexity index is 1620. The van der Waals surface area contributed by atoms with Crippen LogP contribution in [0.1, 0.15) is 22.3 Å². The minimum absolute atomic E-state index is 0.0449. The number of benzene rings is 2.